The van der Waals surface area contributed by atoms with Crippen molar-refractivity contribution in [2.24, 2.45) is 11.3 Å². The number of nitrogens with zero attached hydrogens (tertiary/aromatic N) is 2. The summed E-state index contributed by atoms with van der Waals surface area (Å²) in [6.45, 7) is 5.67. The van der Waals surface area contributed by atoms with E-state index < -0.39 is 23.7 Å². The largest absolute Gasteiger partial charge is 0.481 e. The Hall–Kier alpha value is -2.24. The van der Waals surface area contributed by atoms with Crippen LogP contribution in [0.25, 0.3) is 0 Å². The summed E-state index contributed by atoms with van der Waals surface area (Å²) in [4.78, 5) is 40.7. The lowest BCUT2D eigenvalue weighted by Crippen LogP contribution is -2.38. The minimum absolute atomic E-state index is 0.112. The van der Waals surface area contributed by atoms with Gasteiger partial charge in [-0.2, -0.15) is 0 Å². The quantitative estimate of drug-likeness (QED) is 0.854. The van der Waals surface area contributed by atoms with E-state index >= 15 is 0 Å². The van der Waals surface area contributed by atoms with E-state index in [1.165, 1.54) is 18.5 Å². The van der Waals surface area contributed by atoms with E-state index in [1.807, 2.05) is 20.8 Å². The molecule has 6 nitrogen and oxygen atoms in total. The molecular weight excluding hydrogens is 272 g/mol. The zero-order valence-corrected chi connectivity index (χ0v) is 12.3. The van der Waals surface area contributed by atoms with Crippen LogP contribution in [-0.2, 0) is 4.79 Å². The molecule has 2 amide bonds. The monoisotopic (exact) mass is 290 g/mol. The van der Waals surface area contributed by atoms with Crippen LogP contribution in [0.1, 0.15) is 47.9 Å². The van der Waals surface area contributed by atoms with Crippen molar-refractivity contribution in [1.29, 1.82) is 0 Å². The minimum atomic E-state index is -1.00. The van der Waals surface area contributed by atoms with Gasteiger partial charge in [0.1, 0.15) is 0 Å². The number of hydrogen-bond acceptors (Lipinski definition) is 4. The predicted molar refractivity (Wildman–Crippen MR) is 74.8 cm³/mol. The highest BCUT2D eigenvalue weighted by Crippen LogP contribution is 2.28. The Labute approximate surface area is 122 Å². The smallest absolute Gasteiger partial charge is 0.308 e. The number of aliphatic carboxylic acids is 1. The second kappa shape index (κ2) is 5.27. The zero-order valence-electron chi connectivity index (χ0n) is 12.3. The average molecular weight is 290 g/mol. The molecule has 0 bridgehead atoms. The first-order valence-electron chi connectivity index (χ1n) is 6.74. The van der Waals surface area contributed by atoms with Crippen LogP contribution < -0.4 is 0 Å². The van der Waals surface area contributed by atoms with Gasteiger partial charge in [-0.1, -0.05) is 20.8 Å². The Kier molecular flexibility index (Phi) is 3.80. The van der Waals surface area contributed by atoms with E-state index in [0.717, 1.165) is 4.90 Å². The highest BCUT2D eigenvalue weighted by atomic mass is 16.4. The van der Waals surface area contributed by atoms with Crippen molar-refractivity contribution in [3.8, 4) is 0 Å². The van der Waals surface area contributed by atoms with Gasteiger partial charge in [0.05, 0.1) is 17.0 Å². The number of amides is 2. The highest BCUT2D eigenvalue weighted by molar-refractivity contribution is 6.21. The van der Waals surface area contributed by atoms with E-state index in [2.05, 4.69) is 4.98 Å². The fourth-order valence-electron chi connectivity index (χ4n) is 2.49. The molecule has 6 heteroatoms. The Morgan fingerprint density at radius 1 is 1.29 bits per heavy atom. The second-order valence-corrected chi connectivity index (χ2v) is 6.44. The summed E-state index contributed by atoms with van der Waals surface area (Å²) >= 11 is 0. The molecule has 0 aliphatic carbocycles. The van der Waals surface area contributed by atoms with Crippen molar-refractivity contribution in [2.75, 3.05) is 6.54 Å². The van der Waals surface area contributed by atoms with Gasteiger partial charge in [-0.15, -0.1) is 0 Å². The zero-order chi connectivity index (χ0) is 15.8. The fourth-order valence-corrected chi connectivity index (χ4v) is 2.49. The third kappa shape index (κ3) is 3.09. The lowest BCUT2D eigenvalue weighted by Gasteiger charge is -2.26. The van der Waals surface area contributed by atoms with Gasteiger partial charge in [-0.05, 0) is 17.9 Å². The predicted octanol–water partition coefficient (Wildman–Crippen LogP) is 1.81. The summed E-state index contributed by atoms with van der Waals surface area (Å²) in [7, 11) is 0. The minimum Gasteiger partial charge on any atom is -0.481 e. The van der Waals surface area contributed by atoms with Crippen LogP contribution in [0.5, 0.6) is 0 Å². The molecule has 0 fully saturated rings. The number of imide groups is 1. The molecule has 1 atom stereocenters. The van der Waals surface area contributed by atoms with Crippen LogP contribution in [-0.4, -0.2) is 39.3 Å². The van der Waals surface area contributed by atoms with E-state index in [1.54, 1.807) is 0 Å². The lowest BCUT2D eigenvalue weighted by molar-refractivity contribution is -0.143. The summed E-state index contributed by atoms with van der Waals surface area (Å²) in [6, 6.07) is 1.48. The SMILES string of the molecule is CC(C)(C)CC(CN1C(=O)c2ccncc2C1=O)C(=O)O. The topological polar surface area (TPSA) is 87.6 Å². The van der Waals surface area contributed by atoms with E-state index in [4.69, 9.17) is 0 Å². The Morgan fingerprint density at radius 3 is 2.43 bits per heavy atom. The summed E-state index contributed by atoms with van der Waals surface area (Å²) in [5, 5.41) is 9.32. The van der Waals surface area contributed by atoms with E-state index in [0.29, 0.717) is 6.42 Å². The summed E-state index contributed by atoms with van der Waals surface area (Å²) < 4.78 is 0. The van der Waals surface area contributed by atoms with E-state index in [-0.39, 0.29) is 23.1 Å². The lowest BCUT2D eigenvalue weighted by atomic mass is 9.84. The number of carboxylic acid groups (broad SMARTS) is 1. The molecule has 1 aliphatic heterocycles. The molecule has 1 aromatic heterocycles. The normalized spacial score (nSPS) is 16.0. The maximum absolute atomic E-state index is 12.2. The summed E-state index contributed by atoms with van der Waals surface area (Å²) in [5.74, 6) is -2.69. The molecule has 1 unspecified atom stereocenters. The first kappa shape index (κ1) is 15.2. The number of carbonyl (C=O) groups excluding carboxylic acids is 2. The number of carbonyl (C=O) groups is 3. The second-order valence-electron chi connectivity index (χ2n) is 6.44. The standard InChI is InChI=1S/C15H18N2O4/c1-15(2,3)6-9(14(20)21)8-17-12(18)10-4-5-16-7-11(10)13(17)19/h4-5,7,9H,6,8H2,1-3H3,(H,20,21). The van der Waals surface area contributed by atoms with E-state index in [9.17, 15) is 19.5 Å². The number of carboxylic acids is 1. The molecule has 1 N–H and O–H groups in total. The molecule has 2 rings (SSSR count). The van der Waals surface area contributed by atoms with Crippen LogP contribution in [0.15, 0.2) is 18.5 Å². The van der Waals surface area contributed by atoms with Crippen LogP contribution in [0, 0.1) is 11.3 Å². The number of rotatable bonds is 4. The Morgan fingerprint density at radius 2 is 1.90 bits per heavy atom. The van der Waals surface area contributed by atoms with Gasteiger partial charge in [-0.3, -0.25) is 24.3 Å². The van der Waals surface area contributed by atoms with Crippen molar-refractivity contribution in [3.63, 3.8) is 0 Å². The van der Waals surface area contributed by atoms with Gasteiger partial charge < -0.3 is 5.11 Å². The molecular formula is C15H18N2O4. The first-order chi connectivity index (χ1) is 9.70. The van der Waals surface area contributed by atoms with Crippen molar-refractivity contribution >= 4 is 17.8 Å². The van der Waals surface area contributed by atoms with Crippen LogP contribution in [0.3, 0.4) is 0 Å². The van der Waals surface area contributed by atoms with Crippen LogP contribution in [0.4, 0.5) is 0 Å². The number of hydrogen-bond donors (Lipinski definition) is 1. The number of fused-ring (bicyclic) bond motifs is 1. The van der Waals surface area contributed by atoms with Crippen LogP contribution in [0.2, 0.25) is 0 Å². The van der Waals surface area contributed by atoms with Gasteiger partial charge in [0.25, 0.3) is 11.8 Å². The summed E-state index contributed by atoms with van der Waals surface area (Å²) in [6.07, 6.45) is 3.17. The highest BCUT2D eigenvalue weighted by Gasteiger charge is 2.38. The van der Waals surface area contributed by atoms with Gasteiger partial charge in [0.2, 0.25) is 0 Å². The molecule has 2 heterocycles. The van der Waals surface area contributed by atoms with Gasteiger partial charge >= 0.3 is 5.97 Å². The van der Waals surface area contributed by atoms with Crippen molar-refractivity contribution in [1.82, 2.24) is 9.88 Å². The Bertz CT molecular complexity index is 569. The molecule has 1 aliphatic rings. The van der Waals surface area contributed by atoms with Gasteiger partial charge in [0, 0.05) is 18.9 Å². The molecule has 0 spiro atoms. The van der Waals surface area contributed by atoms with Crippen molar-refractivity contribution in [2.45, 2.75) is 27.2 Å². The Balaban J connectivity index is 2.22. The van der Waals surface area contributed by atoms with Crippen LogP contribution >= 0.6 is 0 Å². The molecule has 21 heavy (non-hydrogen) atoms. The summed E-state index contributed by atoms with van der Waals surface area (Å²) in [5.41, 5.74) is 0.320. The molecule has 1 aromatic rings. The third-order valence-corrected chi connectivity index (χ3v) is 3.38. The average Bonchev–Trinajstić information content (AvgIpc) is 2.62. The first-order valence-corrected chi connectivity index (χ1v) is 6.74. The molecule has 0 radical (unpaired) electrons. The molecule has 0 saturated carbocycles. The third-order valence-electron chi connectivity index (χ3n) is 3.38. The van der Waals surface area contributed by atoms with Crippen molar-refractivity contribution < 1.29 is 19.5 Å². The molecule has 112 valence electrons. The van der Waals surface area contributed by atoms with Crippen molar-refractivity contribution in [3.05, 3.63) is 29.6 Å². The maximum Gasteiger partial charge on any atom is 0.308 e. The van der Waals surface area contributed by atoms with Gasteiger partial charge in [-0.25, -0.2) is 0 Å². The fraction of sp³-hybridized carbons (Fsp3) is 0.467. The van der Waals surface area contributed by atoms with Gasteiger partial charge in [0.15, 0.2) is 0 Å². The number of aromatic nitrogens is 1. The molecule has 0 saturated heterocycles. The maximum atomic E-state index is 12.2. The number of pyridine rings is 1. The molecule has 0 aromatic carbocycles.